The fourth-order valence-electron chi connectivity index (χ4n) is 1.12. The van der Waals surface area contributed by atoms with Gasteiger partial charge in [0, 0.05) is 0 Å². The third-order valence-electron chi connectivity index (χ3n) is 1.97. The van der Waals surface area contributed by atoms with Gasteiger partial charge in [-0.2, -0.15) is 0 Å². The van der Waals surface area contributed by atoms with Crippen LogP contribution in [-0.2, 0) is 0 Å². The van der Waals surface area contributed by atoms with Crippen molar-refractivity contribution in [1.82, 2.24) is 0 Å². The van der Waals surface area contributed by atoms with Crippen molar-refractivity contribution >= 4 is 22.6 Å². The van der Waals surface area contributed by atoms with Gasteiger partial charge in [0.15, 0.2) is 0 Å². The van der Waals surface area contributed by atoms with E-state index in [0.717, 1.165) is 9.13 Å². The molecule has 0 atom stereocenters. The summed E-state index contributed by atoms with van der Waals surface area (Å²) in [6.07, 6.45) is 0. The van der Waals surface area contributed by atoms with Crippen LogP contribution in [0.1, 0.15) is 30.9 Å². The molecule has 1 nitrogen and oxygen atoms in total. The lowest BCUT2D eigenvalue weighted by Gasteiger charge is -2.10. The zero-order valence-electron chi connectivity index (χ0n) is 7.56. The Morgan fingerprint density at radius 2 is 1.92 bits per heavy atom. The maximum absolute atomic E-state index is 9.63. The van der Waals surface area contributed by atoms with E-state index in [1.54, 1.807) is 0 Å². The van der Waals surface area contributed by atoms with E-state index < -0.39 is 0 Å². The average molecular weight is 276 g/mol. The summed E-state index contributed by atoms with van der Waals surface area (Å²) >= 11 is 2.20. The van der Waals surface area contributed by atoms with E-state index in [9.17, 15) is 5.11 Å². The summed E-state index contributed by atoms with van der Waals surface area (Å²) in [5, 5.41) is 9.63. The van der Waals surface area contributed by atoms with Crippen molar-refractivity contribution in [3.63, 3.8) is 0 Å². The highest BCUT2D eigenvalue weighted by Gasteiger charge is 2.09. The number of halogens is 1. The van der Waals surface area contributed by atoms with Crippen LogP contribution in [0.2, 0.25) is 0 Å². The second-order valence-electron chi connectivity index (χ2n) is 3.29. The maximum Gasteiger partial charge on any atom is 0.132 e. The SMILES string of the molecule is Cc1ccc(C(C)C)c(I)c1O. The summed E-state index contributed by atoms with van der Waals surface area (Å²) in [7, 11) is 0. The lowest BCUT2D eigenvalue weighted by atomic mass is 10.0. The molecule has 1 N–H and O–H groups in total. The molecule has 0 fully saturated rings. The Kier molecular flexibility index (Phi) is 2.99. The Labute approximate surface area is 86.9 Å². The van der Waals surface area contributed by atoms with Crippen molar-refractivity contribution in [1.29, 1.82) is 0 Å². The third kappa shape index (κ3) is 1.73. The van der Waals surface area contributed by atoms with E-state index in [2.05, 4.69) is 42.5 Å². The first-order chi connectivity index (χ1) is 5.54. The zero-order valence-corrected chi connectivity index (χ0v) is 9.71. The first-order valence-electron chi connectivity index (χ1n) is 4.02. The van der Waals surface area contributed by atoms with Gasteiger partial charge in [-0.3, -0.25) is 0 Å². The van der Waals surface area contributed by atoms with Crippen molar-refractivity contribution in [2.24, 2.45) is 0 Å². The van der Waals surface area contributed by atoms with Crippen molar-refractivity contribution in [2.45, 2.75) is 26.7 Å². The highest BCUT2D eigenvalue weighted by Crippen LogP contribution is 2.30. The topological polar surface area (TPSA) is 20.2 Å². The predicted octanol–water partition coefficient (Wildman–Crippen LogP) is 3.43. The lowest BCUT2D eigenvalue weighted by molar-refractivity contribution is 0.465. The predicted molar refractivity (Wildman–Crippen MR) is 59.6 cm³/mol. The minimum atomic E-state index is 0.432. The van der Waals surface area contributed by atoms with Gasteiger partial charge < -0.3 is 5.11 Å². The van der Waals surface area contributed by atoms with Crippen LogP contribution in [0.15, 0.2) is 12.1 Å². The fraction of sp³-hybridized carbons (Fsp3) is 0.400. The molecule has 1 aromatic rings. The number of benzene rings is 1. The molecule has 0 saturated carbocycles. The summed E-state index contributed by atoms with van der Waals surface area (Å²) in [5.74, 6) is 0.908. The normalized spacial score (nSPS) is 10.8. The van der Waals surface area contributed by atoms with Gasteiger partial charge in [-0.1, -0.05) is 26.0 Å². The number of phenolic OH excluding ortho intramolecular Hbond substituents is 1. The molecule has 0 unspecified atom stereocenters. The minimum Gasteiger partial charge on any atom is -0.507 e. The number of hydrogen-bond acceptors (Lipinski definition) is 1. The number of hydrogen-bond donors (Lipinski definition) is 1. The first-order valence-corrected chi connectivity index (χ1v) is 5.10. The van der Waals surface area contributed by atoms with Crippen LogP contribution in [0.4, 0.5) is 0 Å². The molecule has 0 saturated heterocycles. The van der Waals surface area contributed by atoms with Gasteiger partial charge in [-0.05, 0) is 46.6 Å². The maximum atomic E-state index is 9.63. The van der Waals surface area contributed by atoms with Crippen LogP contribution in [-0.4, -0.2) is 5.11 Å². The number of phenols is 1. The highest BCUT2D eigenvalue weighted by molar-refractivity contribution is 14.1. The molecule has 0 aromatic heterocycles. The molecule has 0 aliphatic heterocycles. The average Bonchev–Trinajstić information content (AvgIpc) is 2.00. The van der Waals surface area contributed by atoms with Gasteiger partial charge >= 0.3 is 0 Å². The van der Waals surface area contributed by atoms with Gasteiger partial charge in [0.1, 0.15) is 5.75 Å². The van der Waals surface area contributed by atoms with Crippen molar-refractivity contribution in [3.05, 3.63) is 26.8 Å². The Bertz CT molecular complexity index is 292. The molecular formula is C10H13IO. The summed E-state index contributed by atoms with van der Waals surface area (Å²) < 4.78 is 0.989. The van der Waals surface area contributed by atoms with Crippen molar-refractivity contribution in [2.75, 3.05) is 0 Å². The van der Waals surface area contributed by atoms with E-state index in [1.807, 2.05) is 13.0 Å². The van der Waals surface area contributed by atoms with Crippen LogP contribution in [0.5, 0.6) is 5.75 Å². The fourth-order valence-corrected chi connectivity index (χ4v) is 2.35. The second kappa shape index (κ2) is 3.64. The third-order valence-corrected chi connectivity index (χ3v) is 3.10. The Balaban J connectivity index is 3.27. The van der Waals surface area contributed by atoms with E-state index in [0.29, 0.717) is 11.7 Å². The van der Waals surface area contributed by atoms with Crippen LogP contribution in [0.3, 0.4) is 0 Å². The van der Waals surface area contributed by atoms with Crippen LogP contribution >= 0.6 is 22.6 Å². The molecule has 1 aromatic carbocycles. The molecule has 2 heteroatoms. The van der Waals surface area contributed by atoms with Gasteiger partial charge in [-0.25, -0.2) is 0 Å². The summed E-state index contributed by atoms with van der Waals surface area (Å²) in [6, 6.07) is 4.05. The summed E-state index contributed by atoms with van der Waals surface area (Å²) in [5.41, 5.74) is 2.17. The van der Waals surface area contributed by atoms with Gasteiger partial charge in [0.25, 0.3) is 0 Å². The molecule has 0 radical (unpaired) electrons. The molecule has 66 valence electrons. The summed E-state index contributed by atoms with van der Waals surface area (Å²) in [6.45, 7) is 6.18. The first kappa shape index (κ1) is 9.84. The van der Waals surface area contributed by atoms with Crippen molar-refractivity contribution in [3.8, 4) is 5.75 Å². The van der Waals surface area contributed by atoms with Gasteiger partial charge in [0.05, 0.1) is 3.57 Å². The van der Waals surface area contributed by atoms with E-state index >= 15 is 0 Å². The quantitative estimate of drug-likeness (QED) is 0.779. The monoisotopic (exact) mass is 276 g/mol. The lowest BCUT2D eigenvalue weighted by Crippen LogP contribution is -1.93. The summed E-state index contributed by atoms with van der Waals surface area (Å²) in [4.78, 5) is 0. The van der Waals surface area contributed by atoms with Crippen LogP contribution < -0.4 is 0 Å². The molecular weight excluding hydrogens is 263 g/mol. The Morgan fingerprint density at radius 3 is 2.42 bits per heavy atom. The number of aromatic hydroxyl groups is 1. The van der Waals surface area contributed by atoms with Crippen LogP contribution in [0, 0.1) is 10.5 Å². The zero-order chi connectivity index (χ0) is 9.30. The molecule has 0 aliphatic rings. The number of rotatable bonds is 1. The Hall–Kier alpha value is -0.250. The molecule has 0 aliphatic carbocycles. The molecule has 0 amide bonds. The molecule has 0 spiro atoms. The molecule has 1 rings (SSSR count). The molecule has 12 heavy (non-hydrogen) atoms. The molecule has 0 bridgehead atoms. The largest absolute Gasteiger partial charge is 0.507 e. The van der Waals surface area contributed by atoms with Crippen molar-refractivity contribution < 1.29 is 5.11 Å². The standard InChI is InChI=1S/C10H13IO/c1-6(2)8-5-4-7(3)10(12)9(8)11/h4-6,12H,1-3H3. The van der Waals surface area contributed by atoms with E-state index in [4.69, 9.17) is 0 Å². The number of aryl methyl sites for hydroxylation is 1. The van der Waals surface area contributed by atoms with Crippen LogP contribution in [0.25, 0.3) is 0 Å². The minimum absolute atomic E-state index is 0.432. The Morgan fingerprint density at radius 1 is 1.33 bits per heavy atom. The van der Waals surface area contributed by atoms with E-state index in [-0.39, 0.29) is 0 Å². The molecule has 0 heterocycles. The van der Waals surface area contributed by atoms with E-state index in [1.165, 1.54) is 5.56 Å². The van der Waals surface area contributed by atoms with Gasteiger partial charge in [0.2, 0.25) is 0 Å². The smallest absolute Gasteiger partial charge is 0.132 e. The highest BCUT2D eigenvalue weighted by atomic mass is 127. The second-order valence-corrected chi connectivity index (χ2v) is 4.37. The van der Waals surface area contributed by atoms with Gasteiger partial charge in [-0.15, -0.1) is 0 Å².